The van der Waals surface area contributed by atoms with Crippen molar-refractivity contribution in [3.05, 3.63) is 29.6 Å². The van der Waals surface area contributed by atoms with Gasteiger partial charge in [0, 0.05) is 12.6 Å². The Balaban J connectivity index is 3.09. The van der Waals surface area contributed by atoms with Crippen LogP contribution >= 0.6 is 0 Å². The highest BCUT2D eigenvalue weighted by Gasteiger charge is 2.18. The first-order valence-electron chi connectivity index (χ1n) is 5.67. The lowest BCUT2D eigenvalue weighted by Gasteiger charge is -2.30. The average Bonchev–Trinajstić information content (AvgIpc) is 2.30. The van der Waals surface area contributed by atoms with Crippen LogP contribution in [-0.2, 0) is 4.79 Å². The van der Waals surface area contributed by atoms with Gasteiger partial charge in [-0.2, -0.15) is 5.26 Å². The van der Waals surface area contributed by atoms with Gasteiger partial charge in [-0.1, -0.05) is 0 Å². The minimum atomic E-state index is -0.901. The quantitative estimate of drug-likeness (QED) is 0.871. The summed E-state index contributed by atoms with van der Waals surface area (Å²) in [5.41, 5.74) is 0.782. The zero-order valence-corrected chi connectivity index (χ0v) is 10.4. The zero-order chi connectivity index (χ0) is 13.7. The van der Waals surface area contributed by atoms with Gasteiger partial charge in [-0.05, 0) is 32.0 Å². The standard InChI is InChI=1S/C13H15FN2O2/c1-3-16(9(2)6-13(17)18)12-5-4-11(14)7-10(12)8-15/h4-5,7,9H,3,6H2,1-2H3,(H,17,18). The number of nitrogens with zero attached hydrogens (tertiary/aromatic N) is 2. The van der Waals surface area contributed by atoms with Crippen molar-refractivity contribution < 1.29 is 14.3 Å². The first-order chi connectivity index (χ1) is 8.49. The Hall–Kier alpha value is -2.09. The van der Waals surface area contributed by atoms with Crippen molar-refractivity contribution in [1.29, 1.82) is 5.26 Å². The lowest BCUT2D eigenvalue weighted by molar-refractivity contribution is -0.137. The summed E-state index contributed by atoms with van der Waals surface area (Å²) in [6.07, 6.45) is -0.0317. The smallest absolute Gasteiger partial charge is 0.305 e. The van der Waals surface area contributed by atoms with Crippen LogP contribution in [-0.4, -0.2) is 23.7 Å². The van der Waals surface area contributed by atoms with Crippen molar-refractivity contribution in [1.82, 2.24) is 0 Å². The van der Waals surface area contributed by atoms with E-state index in [1.807, 2.05) is 13.0 Å². The highest BCUT2D eigenvalue weighted by molar-refractivity contribution is 5.69. The third-order valence-corrected chi connectivity index (χ3v) is 2.73. The van der Waals surface area contributed by atoms with Crippen LogP contribution in [0.3, 0.4) is 0 Å². The number of rotatable bonds is 5. The van der Waals surface area contributed by atoms with Crippen LogP contribution in [0.2, 0.25) is 0 Å². The van der Waals surface area contributed by atoms with Crippen molar-refractivity contribution in [2.24, 2.45) is 0 Å². The largest absolute Gasteiger partial charge is 0.481 e. The van der Waals surface area contributed by atoms with Gasteiger partial charge in [0.1, 0.15) is 11.9 Å². The second-order valence-corrected chi connectivity index (χ2v) is 4.01. The molecule has 5 heteroatoms. The summed E-state index contributed by atoms with van der Waals surface area (Å²) in [6, 6.07) is 5.61. The molecule has 0 saturated carbocycles. The fourth-order valence-electron chi connectivity index (χ4n) is 1.93. The van der Waals surface area contributed by atoms with Gasteiger partial charge in [0.25, 0.3) is 0 Å². The zero-order valence-electron chi connectivity index (χ0n) is 10.4. The van der Waals surface area contributed by atoms with E-state index in [1.165, 1.54) is 12.1 Å². The molecule has 1 N–H and O–H groups in total. The number of benzene rings is 1. The third-order valence-electron chi connectivity index (χ3n) is 2.73. The van der Waals surface area contributed by atoms with E-state index in [2.05, 4.69) is 0 Å². The van der Waals surface area contributed by atoms with E-state index in [1.54, 1.807) is 11.8 Å². The summed E-state index contributed by atoms with van der Waals surface area (Å²) in [6.45, 7) is 4.18. The summed E-state index contributed by atoms with van der Waals surface area (Å²) in [5.74, 6) is -1.38. The van der Waals surface area contributed by atoms with Crippen LogP contribution in [0.1, 0.15) is 25.8 Å². The Morgan fingerprint density at radius 3 is 2.78 bits per heavy atom. The van der Waals surface area contributed by atoms with Crippen molar-refractivity contribution in [2.75, 3.05) is 11.4 Å². The molecular weight excluding hydrogens is 235 g/mol. The van der Waals surface area contributed by atoms with Crippen LogP contribution in [0.15, 0.2) is 18.2 Å². The number of hydrogen-bond acceptors (Lipinski definition) is 3. The van der Waals surface area contributed by atoms with Gasteiger partial charge in [-0.15, -0.1) is 0 Å². The van der Waals surface area contributed by atoms with Gasteiger partial charge < -0.3 is 10.0 Å². The number of carboxylic acids is 1. The van der Waals surface area contributed by atoms with Crippen LogP contribution < -0.4 is 4.90 Å². The number of carbonyl (C=O) groups is 1. The van der Waals surface area contributed by atoms with Gasteiger partial charge in [0.15, 0.2) is 0 Å². The molecule has 1 atom stereocenters. The van der Waals surface area contributed by atoms with Crippen LogP contribution in [0, 0.1) is 17.1 Å². The number of carboxylic acid groups (broad SMARTS) is 1. The molecule has 0 spiro atoms. The molecule has 96 valence electrons. The fraction of sp³-hybridized carbons (Fsp3) is 0.385. The summed E-state index contributed by atoms with van der Waals surface area (Å²) in [5, 5.41) is 17.8. The maximum atomic E-state index is 13.0. The SMILES string of the molecule is CCN(c1ccc(F)cc1C#N)C(C)CC(=O)O. The van der Waals surface area contributed by atoms with E-state index in [0.29, 0.717) is 12.2 Å². The van der Waals surface area contributed by atoms with Crippen LogP contribution in [0.4, 0.5) is 10.1 Å². The van der Waals surface area contributed by atoms with Crippen molar-refractivity contribution in [2.45, 2.75) is 26.3 Å². The fourth-order valence-corrected chi connectivity index (χ4v) is 1.93. The molecule has 0 aliphatic rings. The summed E-state index contributed by atoms with van der Waals surface area (Å²) in [7, 11) is 0. The molecule has 0 heterocycles. The van der Waals surface area contributed by atoms with Crippen molar-refractivity contribution >= 4 is 11.7 Å². The molecular formula is C13H15FN2O2. The molecule has 0 aliphatic carbocycles. The molecule has 18 heavy (non-hydrogen) atoms. The van der Waals surface area contributed by atoms with E-state index in [0.717, 1.165) is 6.07 Å². The second kappa shape index (κ2) is 6.01. The minimum Gasteiger partial charge on any atom is -0.481 e. The molecule has 1 aromatic carbocycles. The average molecular weight is 250 g/mol. The lowest BCUT2D eigenvalue weighted by atomic mass is 10.1. The van der Waals surface area contributed by atoms with E-state index in [4.69, 9.17) is 10.4 Å². The Bertz CT molecular complexity index is 482. The van der Waals surface area contributed by atoms with Gasteiger partial charge in [0.05, 0.1) is 17.7 Å². The monoisotopic (exact) mass is 250 g/mol. The second-order valence-electron chi connectivity index (χ2n) is 4.01. The maximum absolute atomic E-state index is 13.0. The number of anilines is 1. The van der Waals surface area contributed by atoms with Gasteiger partial charge >= 0.3 is 5.97 Å². The highest BCUT2D eigenvalue weighted by Crippen LogP contribution is 2.23. The predicted octanol–water partition coefficient (Wildman–Crippen LogP) is 2.39. The number of aliphatic carboxylic acids is 1. The topological polar surface area (TPSA) is 64.3 Å². The number of nitriles is 1. The lowest BCUT2D eigenvalue weighted by Crippen LogP contribution is -2.35. The molecule has 4 nitrogen and oxygen atoms in total. The number of halogens is 1. The Kier molecular flexibility index (Phi) is 4.67. The van der Waals surface area contributed by atoms with Crippen molar-refractivity contribution in [3.8, 4) is 6.07 Å². The summed E-state index contributed by atoms with van der Waals surface area (Å²) < 4.78 is 13.0. The molecule has 0 bridgehead atoms. The van der Waals surface area contributed by atoms with E-state index in [9.17, 15) is 9.18 Å². The molecule has 0 amide bonds. The van der Waals surface area contributed by atoms with E-state index >= 15 is 0 Å². The molecule has 1 aromatic rings. The van der Waals surface area contributed by atoms with Crippen LogP contribution in [0.5, 0.6) is 0 Å². The molecule has 0 fully saturated rings. The van der Waals surface area contributed by atoms with Gasteiger partial charge in [-0.3, -0.25) is 4.79 Å². The molecule has 0 aromatic heterocycles. The molecule has 1 rings (SSSR count). The summed E-state index contributed by atoms with van der Waals surface area (Å²) in [4.78, 5) is 12.5. The summed E-state index contributed by atoms with van der Waals surface area (Å²) >= 11 is 0. The first kappa shape index (κ1) is 14.0. The predicted molar refractivity (Wildman–Crippen MR) is 65.8 cm³/mol. The van der Waals surface area contributed by atoms with E-state index in [-0.39, 0.29) is 18.0 Å². The Labute approximate surface area is 105 Å². The third kappa shape index (κ3) is 3.20. The van der Waals surface area contributed by atoms with Gasteiger partial charge in [-0.25, -0.2) is 4.39 Å². The first-order valence-corrected chi connectivity index (χ1v) is 5.67. The molecule has 1 unspecified atom stereocenters. The van der Waals surface area contributed by atoms with Crippen molar-refractivity contribution in [3.63, 3.8) is 0 Å². The highest BCUT2D eigenvalue weighted by atomic mass is 19.1. The Morgan fingerprint density at radius 1 is 1.61 bits per heavy atom. The van der Waals surface area contributed by atoms with Crippen LogP contribution in [0.25, 0.3) is 0 Å². The normalized spacial score (nSPS) is 11.7. The molecule has 0 radical (unpaired) electrons. The minimum absolute atomic E-state index is 0.0317. The molecule has 0 aliphatic heterocycles. The maximum Gasteiger partial charge on any atom is 0.305 e. The van der Waals surface area contributed by atoms with E-state index < -0.39 is 11.8 Å². The number of hydrogen-bond donors (Lipinski definition) is 1. The Morgan fingerprint density at radius 2 is 2.28 bits per heavy atom. The molecule has 0 saturated heterocycles. The van der Waals surface area contributed by atoms with Gasteiger partial charge in [0.2, 0.25) is 0 Å².